The summed E-state index contributed by atoms with van der Waals surface area (Å²) in [6, 6.07) is 4.28. The van der Waals surface area contributed by atoms with Gasteiger partial charge in [-0.1, -0.05) is 0 Å². The Morgan fingerprint density at radius 2 is 1.95 bits per heavy atom. The number of hydrogen-bond donors (Lipinski definition) is 1. The Kier molecular flexibility index (Phi) is 4.09. The van der Waals surface area contributed by atoms with Gasteiger partial charge in [-0.2, -0.15) is 24.5 Å². The fourth-order valence-corrected chi connectivity index (χ4v) is 2.32. The second kappa shape index (κ2) is 5.61. The number of nitrogens with one attached hydrogen (secondary N) is 1. The van der Waals surface area contributed by atoms with Crippen LogP contribution in [0.15, 0.2) is 35.0 Å². The average molecular weight is 289 g/mol. The van der Waals surface area contributed by atoms with Crippen LogP contribution in [-0.4, -0.2) is 6.54 Å². The first kappa shape index (κ1) is 13.9. The molecule has 1 aromatic carbocycles. The van der Waals surface area contributed by atoms with Gasteiger partial charge < -0.3 is 5.32 Å². The van der Waals surface area contributed by atoms with E-state index in [9.17, 15) is 17.6 Å². The number of alkyl halides is 3. The van der Waals surface area contributed by atoms with Gasteiger partial charge in [0.1, 0.15) is 5.82 Å². The minimum Gasteiger partial charge on any atom is -0.382 e. The highest BCUT2D eigenvalue weighted by Gasteiger charge is 2.31. The van der Waals surface area contributed by atoms with Gasteiger partial charge in [-0.25, -0.2) is 4.39 Å². The molecule has 19 heavy (non-hydrogen) atoms. The zero-order chi connectivity index (χ0) is 13.9. The molecule has 1 nitrogen and oxygen atoms in total. The lowest BCUT2D eigenvalue weighted by Crippen LogP contribution is -2.09. The number of thiophene rings is 1. The molecule has 6 heteroatoms. The van der Waals surface area contributed by atoms with Gasteiger partial charge >= 0.3 is 6.18 Å². The van der Waals surface area contributed by atoms with Gasteiger partial charge in [0, 0.05) is 6.54 Å². The molecule has 0 radical (unpaired) electrons. The Morgan fingerprint density at radius 1 is 1.16 bits per heavy atom. The van der Waals surface area contributed by atoms with E-state index in [0.717, 1.165) is 23.8 Å². The number of hydrogen-bond acceptors (Lipinski definition) is 2. The van der Waals surface area contributed by atoms with E-state index in [2.05, 4.69) is 5.32 Å². The molecule has 0 atom stereocenters. The van der Waals surface area contributed by atoms with Gasteiger partial charge in [0.15, 0.2) is 0 Å². The fourth-order valence-electron chi connectivity index (χ4n) is 1.61. The Hall–Kier alpha value is -1.56. The summed E-state index contributed by atoms with van der Waals surface area (Å²) in [5, 5.41) is 6.56. The van der Waals surface area contributed by atoms with Crippen molar-refractivity contribution in [2.75, 3.05) is 11.9 Å². The lowest BCUT2D eigenvalue weighted by Gasteiger charge is -2.11. The Balaban J connectivity index is 2.03. The third-order valence-corrected chi connectivity index (χ3v) is 3.33. The van der Waals surface area contributed by atoms with Crippen LogP contribution in [0.5, 0.6) is 0 Å². The van der Waals surface area contributed by atoms with Crippen LogP contribution in [-0.2, 0) is 12.6 Å². The molecule has 0 spiro atoms. The van der Waals surface area contributed by atoms with E-state index >= 15 is 0 Å². The molecule has 2 aromatic rings. The fraction of sp³-hybridized carbons (Fsp3) is 0.231. The maximum Gasteiger partial charge on any atom is 0.416 e. The third kappa shape index (κ3) is 3.70. The van der Waals surface area contributed by atoms with E-state index in [4.69, 9.17) is 0 Å². The standard InChI is InChI=1S/C13H11F4NS/c14-11-2-1-10(13(15,16)17)7-12(11)18-5-3-9-4-6-19-8-9/h1-2,4,6-8,18H,3,5H2. The molecule has 0 saturated carbocycles. The van der Waals surface area contributed by atoms with Crippen LogP contribution >= 0.6 is 11.3 Å². The molecule has 1 N–H and O–H groups in total. The highest BCUT2D eigenvalue weighted by molar-refractivity contribution is 7.07. The van der Waals surface area contributed by atoms with Crippen LogP contribution in [0.25, 0.3) is 0 Å². The lowest BCUT2D eigenvalue weighted by molar-refractivity contribution is -0.137. The van der Waals surface area contributed by atoms with Gasteiger partial charge in [0.25, 0.3) is 0 Å². The zero-order valence-electron chi connectivity index (χ0n) is 9.80. The minimum absolute atomic E-state index is 0.120. The summed E-state index contributed by atoms with van der Waals surface area (Å²) in [4.78, 5) is 0. The highest BCUT2D eigenvalue weighted by Crippen LogP contribution is 2.31. The van der Waals surface area contributed by atoms with Gasteiger partial charge in [-0.3, -0.25) is 0 Å². The van der Waals surface area contributed by atoms with Crippen molar-refractivity contribution in [3.8, 4) is 0 Å². The smallest absolute Gasteiger partial charge is 0.382 e. The topological polar surface area (TPSA) is 12.0 Å². The molecule has 0 aliphatic heterocycles. The normalized spacial score (nSPS) is 11.6. The van der Waals surface area contributed by atoms with Gasteiger partial charge in [0.05, 0.1) is 11.3 Å². The van der Waals surface area contributed by atoms with Crippen LogP contribution < -0.4 is 5.32 Å². The van der Waals surface area contributed by atoms with E-state index in [1.54, 1.807) is 11.3 Å². The van der Waals surface area contributed by atoms with Crippen molar-refractivity contribution < 1.29 is 17.6 Å². The number of rotatable bonds is 4. The molecule has 0 saturated heterocycles. The second-order valence-electron chi connectivity index (χ2n) is 4.00. The summed E-state index contributed by atoms with van der Waals surface area (Å²) in [6.45, 7) is 0.384. The van der Waals surface area contributed by atoms with Gasteiger partial charge in [-0.05, 0) is 47.0 Å². The molecule has 0 bridgehead atoms. The number of halogens is 4. The van der Waals surface area contributed by atoms with Gasteiger partial charge in [0.2, 0.25) is 0 Å². The Morgan fingerprint density at radius 3 is 2.58 bits per heavy atom. The Labute approximate surface area is 111 Å². The van der Waals surface area contributed by atoms with Crippen molar-refractivity contribution in [2.24, 2.45) is 0 Å². The van der Waals surface area contributed by atoms with E-state index < -0.39 is 17.6 Å². The SMILES string of the molecule is Fc1ccc(C(F)(F)F)cc1NCCc1ccsc1. The molecule has 0 amide bonds. The maximum absolute atomic E-state index is 13.4. The van der Waals surface area contributed by atoms with Crippen molar-refractivity contribution in [1.82, 2.24) is 0 Å². The first-order chi connectivity index (χ1) is 8.97. The summed E-state index contributed by atoms with van der Waals surface area (Å²) in [5.41, 5.74) is 0.0990. The van der Waals surface area contributed by atoms with E-state index in [-0.39, 0.29) is 5.69 Å². The predicted molar refractivity (Wildman–Crippen MR) is 67.9 cm³/mol. The number of benzene rings is 1. The van der Waals surface area contributed by atoms with Crippen LogP contribution in [0, 0.1) is 5.82 Å². The monoisotopic (exact) mass is 289 g/mol. The first-order valence-electron chi connectivity index (χ1n) is 5.58. The molecule has 0 aliphatic carbocycles. The van der Waals surface area contributed by atoms with Crippen LogP contribution in [0.3, 0.4) is 0 Å². The van der Waals surface area contributed by atoms with Crippen LogP contribution in [0.1, 0.15) is 11.1 Å². The average Bonchev–Trinajstić information content (AvgIpc) is 2.83. The largest absolute Gasteiger partial charge is 0.416 e. The van der Waals surface area contributed by atoms with Crippen molar-refractivity contribution in [3.05, 3.63) is 52.0 Å². The van der Waals surface area contributed by atoms with Gasteiger partial charge in [-0.15, -0.1) is 0 Å². The molecule has 102 valence electrons. The molecular weight excluding hydrogens is 278 g/mol. The Bertz CT molecular complexity index is 534. The molecular formula is C13H11F4NS. The molecule has 0 aliphatic rings. The first-order valence-corrected chi connectivity index (χ1v) is 6.53. The van der Waals surface area contributed by atoms with Crippen molar-refractivity contribution >= 4 is 17.0 Å². The number of anilines is 1. The molecule has 0 unspecified atom stereocenters. The highest BCUT2D eigenvalue weighted by atomic mass is 32.1. The minimum atomic E-state index is -4.46. The second-order valence-corrected chi connectivity index (χ2v) is 4.78. The van der Waals surface area contributed by atoms with E-state index in [1.807, 2.05) is 16.8 Å². The van der Waals surface area contributed by atoms with Crippen LogP contribution in [0.2, 0.25) is 0 Å². The molecule has 2 rings (SSSR count). The van der Waals surface area contributed by atoms with E-state index in [1.165, 1.54) is 0 Å². The summed E-state index contributed by atoms with van der Waals surface area (Å²) in [5.74, 6) is -0.682. The van der Waals surface area contributed by atoms with Crippen molar-refractivity contribution in [2.45, 2.75) is 12.6 Å². The summed E-state index contributed by atoms with van der Waals surface area (Å²) in [7, 11) is 0. The quantitative estimate of drug-likeness (QED) is 0.814. The van der Waals surface area contributed by atoms with Crippen molar-refractivity contribution in [3.63, 3.8) is 0 Å². The summed E-state index contributed by atoms with van der Waals surface area (Å²) < 4.78 is 50.9. The molecule has 1 heterocycles. The zero-order valence-corrected chi connectivity index (χ0v) is 10.6. The van der Waals surface area contributed by atoms with Crippen LogP contribution in [0.4, 0.5) is 23.2 Å². The molecule has 0 fully saturated rings. The van der Waals surface area contributed by atoms with E-state index in [0.29, 0.717) is 13.0 Å². The summed E-state index contributed by atoms with van der Waals surface area (Å²) in [6.07, 6.45) is -3.82. The predicted octanol–water partition coefficient (Wildman–Crippen LogP) is 4.56. The lowest BCUT2D eigenvalue weighted by atomic mass is 10.1. The molecule has 1 aromatic heterocycles. The maximum atomic E-state index is 13.4. The third-order valence-electron chi connectivity index (χ3n) is 2.60. The summed E-state index contributed by atoms with van der Waals surface area (Å²) >= 11 is 1.54. The van der Waals surface area contributed by atoms with Crippen molar-refractivity contribution in [1.29, 1.82) is 0 Å².